The highest BCUT2D eigenvalue weighted by Crippen LogP contribution is 2.08. The average molecular weight is 297 g/mol. The summed E-state index contributed by atoms with van der Waals surface area (Å²) in [6.45, 7) is 6.25. The van der Waals surface area contributed by atoms with Crippen molar-refractivity contribution in [2.45, 2.75) is 33.8 Å². The molecule has 2 aromatic rings. The zero-order valence-electron chi connectivity index (χ0n) is 13.4. The second kappa shape index (κ2) is 12.3. The van der Waals surface area contributed by atoms with Gasteiger partial charge in [-0.2, -0.15) is 5.26 Å². The normalized spacial score (nSPS) is 8.50. The number of carbonyl (C=O) groups is 1. The largest absolute Gasteiger partial charge is 0.392 e. The van der Waals surface area contributed by atoms with Gasteiger partial charge in [0.2, 0.25) is 0 Å². The molecular formula is C19H23NO2. The van der Waals surface area contributed by atoms with E-state index in [4.69, 9.17) is 10.4 Å². The Morgan fingerprint density at radius 1 is 1.05 bits per heavy atom. The molecule has 2 rings (SSSR count). The van der Waals surface area contributed by atoms with E-state index in [0.717, 1.165) is 12.0 Å². The maximum atomic E-state index is 10.2. The second-order valence-corrected chi connectivity index (χ2v) is 4.10. The van der Waals surface area contributed by atoms with Gasteiger partial charge >= 0.3 is 0 Å². The number of carbonyl (C=O) groups excluding carboxylic acids is 1. The number of nitrogens with zero attached hydrogens (tertiary/aromatic N) is 1. The van der Waals surface area contributed by atoms with Gasteiger partial charge in [-0.3, -0.25) is 4.79 Å². The quantitative estimate of drug-likeness (QED) is 0.866. The molecule has 0 bridgehead atoms. The van der Waals surface area contributed by atoms with Crippen molar-refractivity contribution in [2.75, 3.05) is 0 Å². The van der Waals surface area contributed by atoms with E-state index in [1.807, 2.05) is 44.2 Å². The summed E-state index contributed by atoms with van der Waals surface area (Å²) in [4.78, 5) is 10.2. The molecule has 0 amide bonds. The Hall–Kier alpha value is -2.44. The molecule has 2 aromatic carbocycles. The van der Waals surface area contributed by atoms with E-state index in [9.17, 15) is 4.79 Å². The van der Waals surface area contributed by atoms with Crippen molar-refractivity contribution in [3.63, 3.8) is 0 Å². The molecule has 0 saturated heterocycles. The maximum Gasteiger partial charge on any atom is 0.151 e. The number of aliphatic hydroxyl groups is 1. The first kappa shape index (κ1) is 19.6. The maximum absolute atomic E-state index is 10.2. The number of hydrogen-bond donors (Lipinski definition) is 1. The van der Waals surface area contributed by atoms with Gasteiger partial charge < -0.3 is 5.11 Å². The molecule has 0 saturated carbocycles. The van der Waals surface area contributed by atoms with Crippen molar-refractivity contribution in [2.24, 2.45) is 0 Å². The molecule has 3 heteroatoms. The number of benzene rings is 2. The van der Waals surface area contributed by atoms with Gasteiger partial charge in [-0.05, 0) is 23.6 Å². The molecule has 0 fully saturated rings. The first-order chi connectivity index (χ1) is 10.8. The lowest BCUT2D eigenvalue weighted by molar-refractivity contribution is 0.112. The van der Waals surface area contributed by atoms with Crippen LogP contribution in [0.15, 0.2) is 48.5 Å². The summed E-state index contributed by atoms with van der Waals surface area (Å²) in [7, 11) is 0. The third-order valence-electron chi connectivity index (χ3n) is 2.88. The van der Waals surface area contributed by atoms with Crippen molar-refractivity contribution in [3.05, 3.63) is 70.8 Å². The molecule has 0 aliphatic carbocycles. The smallest absolute Gasteiger partial charge is 0.151 e. The van der Waals surface area contributed by atoms with Crippen molar-refractivity contribution >= 4 is 6.29 Å². The Labute approximate surface area is 132 Å². The van der Waals surface area contributed by atoms with Crippen LogP contribution in [0, 0.1) is 11.3 Å². The van der Waals surface area contributed by atoms with Crippen LogP contribution in [0.3, 0.4) is 0 Å². The van der Waals surface area contributed by atoms with Crippen LogP contribution in [0.25, 0.3) is 0 Å². The van der Waals surface area contributed by atoms with Crippen molar-refractivity contribution in [1.29, 1.82) is 5.26 Å². The standard InChI is InChI=1S/C9H12O.C8H5NO.C2H6/c1-2-8-5-3-4-6-9(8)7-10;9-5-7-3-1-2-4-8(7)6-10;1-2/h3-6,10H,2,7H2,1H3;1-4,6H;1-2H3. The Morgan fingerprint density at radius 2 is 1.59 bits per heavy atom. The van der Waals surface area contributed by atoms with E-state index in [2.05, 4.69) is 6.92 Å². The SMILES string of the molecule is CC.CCc1ccccc1CO.N#Cc1ccccc1C=O. The van der Waals surface area contributed by atoms with Crippen LogP contribution in [0.1, 0.15) is 47.8 Å². The van der Waals surface area contributed by atoms with Gasteiger partial charge in [0.25, 0.3) is 0 Å². The molecule has 0 aliphatic rings. The van der Waals surface area contributed by atoms with Crippen LogP contribution in [-0.2, 0) is 13.0 Å². The zero-order chi connectivity index (χ0) is 16.8. The summed E-state index contributed by atoms with van der Waals surface area (Å²) in [5.41, 5.74) is 3.16. The molecule has 0 aliphatic heterocycles. The van der Waals surface area contributed by atoms with Crippen molar-refractivity contribution < 1.29 is 9.90 Å². The van der Waals surface area contributed by atoms with E-state index >= 15 is 0 Å². The molecule has 3 nitrogen and oxygen atoms in total. The predicted octanol–water partition coefficient (Wildman–Crippen LogP) is 4.14. The number of aryl methyl sites for hydroxylation is 1. The summed E-state index contributed by atoms with van der Waals surface area (Å²) in [6.07, 6.45) is 1.68. The highest BCUT2D eigenvalue weighted by atomic mass is 16.3. The minimum Gasteiger partial charge on any atom is -0.392 e. The van der Waals surface area contributed by atoms with Crippen LogP contribution in [0.5, 0.6) is 0 Å². The van der Waals surface area contributed by atoms with Crippen LogP contribution < -0.4 is 0 Å². The number of rotatable bonds is 3. The number of nitriles is 1. The molecule has 0 unspecified atom stereocenters. The van der Waals surface area contributed by atoms with E-state index in [-0.39, 0.29) is 6.61 Å². The molecular weight excluding hydrogens is 274 g/mol. The summed E-state index contributed by atoms with van der Waals surface area (Å²) in [5, 5.41) is 17.3. The number of aliphatic hydroxyl groups excluding tert-OH is 1. The summed E-state index contributed by atoms with van der Waals surface area (Å²) < 4.78 is 0. The van der Waals surface area contributed by atoms with Gasteiger partial charge in [0.05, 0.1) is 18.2 Å². The molecule has 0 radical (unpaired) electrons. The van der Waals surface area contributed by atoms with E-state index in [1.165, 1.54) is 5.56 Å². The predicted molar refractivity (Wildman–Crippen MR) is 89.6 cm³/mol. The minimum absolute atomic E-state index is 0.157. The van der Waals surface area contributed by atoms with Crippen molar-refractivity contribution in [3.8, 4) is 6.07 Å². The lowest BCUT2D eigenvalue weighted by Gasteiger charge is -2.01. The monoisotopic (exact) mass is 297 g/mol. The van der Waals surface area contributed by atoms with E-state index < -0.39 is 0 Å². The Morgan fingerprint density at radius 3 is 2.00 bits per heavy atom. The Bertz CT molecular complexity index is 577. The fraction of sp³-hybridized carbons (Fsp3) is 0.263. The Balaban J connectivity index is 0.000000360. The molecule has 0 spiro atoms. The van der Waals surface area contributed by atoms with Crippen LogP contribution in [-0.4, -0.2) is 11.4 Å². The molecule has 22 heavy (non-hydrogen) atoms. The minimum atomic E-state index is 0.157. The topological polar surface area (TPSA) is 61.1 Å². The highest BCUT2D eigenvalue weighted by molar-refractivity contribution is 5.78. The van der Waals surface area contributed by atoms with Gasteiger partial charge in [-0.25, -0.2) is 0 Å². The van der Waals surface area contributed by atoms with Gasteiger partial charge in [-0.1, -0.05) is 63.2 Å². The van der Waals surface area contributed by atoms with E-state index in [0.29, 0.717) is 17.4 Å². The highest BCUT2D eigenvalue weighted by Gasteiger charge is 1.96. The fourth-order valence-corrected chi connectivity index (χ4v) is 1.76. The molecule has 1 N–H and O–H groups in total. The fourth-order valence-electron chi connectivity index (χ4n) is 1.76. The Kier molecular flexibility index (Phi) is 10.9. The molecule has 0 aromatic heterocycles. The van der Waals surface area contributed by atoms with Crippen LogP contribution in [0.2, 0.25) is 0 Å². The molecule has 0 heterocycles. The van der Waals surface area contributed by atoms with Crippen molar-refractivity contribution in [1.82, 2.24) is 0 Å². The van der Waals surface area contributed by atoms with Gasteiger partial charge in [0.15, 0.2) is 6.29 Å². The third kappa shape index (κ3) is 6.34. The summed E-state index contributed by atoms with van der Waals surface area (Å²) >= 11 is 0. The van der Waals surface area contributed by atoms with E-state index in [1.54, 1.807) is 24.3 Å². The summed E-state index contributed by atoms with van der Waals surface area (Å²) in [5.74, 6) is 0. The third-order valence-corrected chi connectivity index (χ3v) is 2.88. The first-order valence-electron chi connectivity index (χ1n) is 7.38. The lowest BCUT2D eigenvalue weighted by Crippen LogP contribution is -1.90. The van der Waals surface area contributed by atoms with Crippen LogP contribution in [0.4, 0.5) is 0 Å². The lowest BCUT2D eigenvalue weighted by atomic mass is 10.1. The summed E-state index contributed by atoms with van der Waals surface area (Å²) in [6, 6.07) is 16.6. The van der Waals surface area contributed by atoms with Gasteiger partial charge in [-0.15, -0.1) is 0 Å². The zero-order valence-corrected chi connectivity index (χ0v) is 13.4. The molecule has 116 valence electrons. The second-order valence-electron chi connectivity index (χ2n) is 4.10. The van der Waals surface area contributed by atoms with Crippen LogP contribution >= 0.6 is 0 Å². The first-order valence-corrected chi connectivity index (χ1v) is 7.38. The number of aldehydes is 1. The average Bonchev–Trinajstić information content (AvgIpc) is 2.63. The molecule has 0 atom stereocenters. The van der Waals surface area contributed by atoms with Gasteiger partial charge in [0.1, 0.15) is 0 Å². The van der Waals surface area contributed by atoms with Gasteiger partial charge in [0, 0.05) is 5.56 Å². The number of hydrogen-bond acceptors (Lipinski definition) is 3.